The Morgan fingerprint density at radius 1 is 1.27 bits per heavy atom. The van der Waals surface area contributed by atoms with E-state index >= 15 is 0 Å². The van der Waals surface area contributed by atoms with Gasteiger partial charge in [-0.1, -0.05) is 31.9 Å². The molecule has 0 aliphatic heterocycles. The number of hydrogen-bond acceptors (Lipinski definition) is 3. The predicted molar refractivity (Wildman–Crippen MR) is 64.4 cm³/mol. The molecule has 0 saturated carbocycles. The maximum absolute atomic E-state index is 11.5. The van der Waals surface area contributed by atoms with Gasteiger partial charge in [0.05, 0.1) is 6.33 Å². The minimum absolute atomic E-state index is 0.0259. The van der Waals surface area contributed by atoms with Crippen molar-refractivity contribution in [2.75, 3.05) is 0 Å². The van der Waals surface area contributed by atoms with Crippen LogP contribution in [0.1, 0.15) is 21.0 Å². The summed E-state index contributed by atoms with van der Waals surface area (Å²) in [6.07, 6.45) is 1.24. The lowest BCUT2D eigenvalue weighted by molar-refractivity contribution is 0.0973. The van der Waals surface area contributed by atoms with Crippen molar-refractivity contribution in [3.8, 4) is 0 Å². The molecule has 0 amide bonds. The Hall–Kier alpha value is 0.0900. The normalized spacial score (nSPS) is 14.7. The highest BCUT2D eigenvalue weighted by molar-refractivity contribution is 9.10. The van der Waals surface area contributed by atoms with Crippen molar-refractivity contribution in [2.24, 2.45) is 0 Å². The molecule has 0 aliphatic carbocycles. The molecule has 0 aromatic carbocycles. The number of H-pyrrole nitrogens is 1. The first kappa shape index (κ1) is 13.2. The number of imidazole rings is 1. The van der Waals surface area contributed by atoms with Gasteiger partial charge in [0.2, 0.25) is 11.6 Å². The number of hydrogen-bond donors (Lipinski definition) is 1. The minimum Gasteiger partial charge on any atom is -0.341 e. The van der Waals surface area contributed by atoms with Crippen LogP contribution < -0.4 is 0 Å². The number of Topliss-reactive ketones (excluding diaryl/α,β-unsaturated/α-hetero) is 2. The predicted octanol–water partition coefficient (Wildman–Crippen LogP) is 2.69. The summed E-state index contributed by atoms with van der Waals surface area (Å²) in [6.45, 7) is 0. The molecule has 1 aromatic rings. The van der Waals surface area contributed by atoms with Gasteiger partial charge in [-0.25, -0.2) is 4.98 Å². The number of aromatic nitrogens is 2. The highest BCUT2D eigenvalue weighted by Crippen LogP contribution is 2.18. The molecule has 0 aliphatic rings. The van der Waals surface area contributed by atoms with Crippen LogP contribution in [0, 0.1) is 0 Å². The largest absolute Gasteiger partial charge is 0.341 e. The first-order valence-electron chi connectivity index (χ1n) is 3.63. The zero-order valence-electron chi connectivity index (χ0n) is 7.01. The number of alkyl halides is 4. The molecule has 15 heavy (non-hydrogen) atoms. The molecule has 2 atom stereocenters. The van der Waals surface area contributed by atoms with Gasteiger partial charge in [-0.15, -0.1) is 23.2 Å². The van der Waals surface area contributed by atoms with E-state index in [0.717, 1.165) is 0 Å². The molecule has 0 radical (unpaired) electrons. The first-order chi connectivity index (χ1) is 6.95. The monoisotopic (exact) mass is 376 g/mol. The molecule has 1 rings (SSSR count). The third-order valence-corrected chi connectivity index (χ3v) is 2.74. The summed E-state index contributed by atoms with van der Waals surface area (Å²) in [5, 5.41) is 0. The molecular weight excluding hydrogens is 375 g/mol. The molecule has 0 spiro atoms. The second-order valence-electron chi connectivity index (χ2n) is 2.46. The lowest BCUT2D eigenvalue weighted by atomic mass is 10.2. The molecule has 1 heterocycles. The number of carbonyl (C=O) groups excluding carboxylic acids is 2. The summed E-state index contributed by atoms with van der Waals surface area (Å²) in [4.78, 5) is 29.2. The summed E-state index contributed by atoms with van der Waals surface area (Å²) >= 11 is 16.9. The van der Waals surface area contributed by atoms with Crippen molar-refractivity contribution in [2.45, 2.75) is 8.57 Å². The lowest BCUT2D eigenvalue weighted by Crippen LogP contribution is -2.17. The number of nitrogens with zero attached hydrogens (tertiary/aromatic N) is 1. The van der Waals surface area contributed by atoms with Gasteiger partial charge < -0.3 is 4.98 Å². The van der Waals surface area contributed by atoms with Gasteiger partial charge in [-0.3, -0.25) is 9.59 Å². The van der Waals surface area contributed by atoms with Gasteiger partial charge in [-0.2, -0.15) is 0 Å². The van der Waals surface area contributed by atoms with E-state index in [9.17, 15) is 9.59 Å². The highest BCUT2D eigenvalue weighted by Gasteiger charge is 2.26. The molecule has 2 unspecified atom stereocenters. The molecule has 1 aromatic heterocycles. The Morgan fingerprint density at radius 3 is 2.27 bits per heavy atom. The lowest BCUT2D eigenvalue weighted by Gasteiger charge is -2.02. The summed E-state index contributed by atoms with van der Waals surface area (Å²) in [6, 6.07) is 0. The fourth-order valence-corrected chi connectivity index (χ4v) is 1.54. The first-order valence-corrected chi connectivity index (χ1v) is 6.33. The topological polar surface area (TPSA) is 62.8 Å². The second-order valence-corrected chi connectivity index (χ2v) is 6.21. The van der Waals surface area contributed by atoms with Crippen molar-refractivity contribution >= 4 is 66.6 Å². The quantitative estimate of drug-likeness (QED) is 0.647. The van der Waals surface area contributed by atoms with Gasteiger partial charge in [0.15, 0.2) is 8.57 Å². The zero-order chi connectivity index (χ0) is 11.6. The van der Waals surface area contributed by atoms with Gasteiger partial charge in [0.1, 0.15) is 11.4 Å². The number of halogens is 4. The number of rotatable bonds is 4. The Kier molecular flexibility index (Phi) is 4.76. The van der Waals surface area contributed by atoms with E-state index in [1.807, 2.05) is 0 Å². The van der Waals surface area contributed by atoms with Gasteiger partial charge in [0, 0.05) is 0 Å². The van der Waals surface area contributed by atoms with E-state index in [1.54, 1.807) is 0 Å². The Bertz CT molecular complexity index is 358. The van der Waals surface area contributed by atoms with Gasteiger partial charge >= 0.3 is 0 Å². The molecule has 0 fully saturated rings. The molecule has 8 heteroatoms. The van der Waals surface area contributed by atoms with Gasteiger partial charge in [0.25, 0.3) is 0 Å². The summed E-state index contributed by atoms with van der Waals surface area (Å²) < 4.78 is -1.83. The van der Waals surface area contributed by atoms with E-state index in [4.69, 9.17) is 23.2 Å². The number of ketones is 2. The van der Waals surface area contributed by atoms with Crippen molar-refractivity contribution < 1.29 is 9.59 Å². The minimum atomic E-state index is -0.920. The van der Waals surface area contributed by atoms with Crippen LogP contribution in [-0.2, 0) is 0 Å². The van der Waals surface area contributed by atoms with Crippen LogP contribution in [0.15, 0.2) is 6.33 Å². The van der Waals surface area contributed by atoms with Crippen LogP contribution in [0.4, 0.5) is 0 Å². The smallest absolute Gasteiger partial charge is 0.211 e. The van der Waals surface area contributed by atoms with Crippen molar-refractivity contribution in [1.82, 2.24) is 9.97 Å². The van der Waals surface area contributed by atoms with E-state index in [2.05, 4.69) is 41.8 Å². The second kappa shape index (κ2) is 5.43. The zero-order valence-corrected chi connectivity index (χ0v) is 11.7. The fourth-order valence-electron chi connectivity index (χ4n) is 0.881. The SMILES string of the molecule is O=C(c1nc[nH]c1C(=O)C(Cl)Br)C(Cl)Br. The summed E-state index contributed by atoms with van der Waals surface area (Å²) in [5.41, 5.74) is 0.0175. The van der Waals surface area contributed by atoms with Crippen LogP contribution in [0.3, 0.4) is 0 Å². The van der Waals surface area contributed by atoms with Crippen LogP contribution >= 0.6 is 55.1 Å². The maximum Gasteiger partial charge on any atom is 0.211 e. The Labute approximate surface area is 112 Å². The third kappa shape index (κ3) is 3.03. The molecule has 0 bridgehead atoms. The van der Waals surface area contributed by atoms with Crippen molar-refractivity contribution in [3.05, 3.63) is 17.7 Å². The van der Waals surface area contributed by atoms with Crippen molar-refractivity contribution in [3.63, 3.8) is 0 Å². The van der Waals surface area contributed by atoms with Crippen LogP contribution in [-0.4, -0.2) is 30.1 Å². The van der Waals surface area contributed by atoms with Crippen LogP contribution in [0.25, 0.3) is 0 Å². The number of carbonyl (C=O) groups is 2. The molecule has 4 nitrogen and oxygen atoms in total. The average molecular weight is 379 g/mol. The third-order valence-electron chi connectivity index (χ3n) is 1.52. The maximum atomic E-state index is 11.5. The number of aromatic amines is 1. The van der Waals surface area contributed by atoms with Crippen molar-refractivity contribution in [1.29, 1.82) is 0 Å². The highest BCUT2D eigenvalue weighted by atomic mass is 79.9. The van der Waals surface area contributed by atoms with E-state index in [0.29, 0.717) is 0 Å². The summed E-state index contributed by atoms with van der Waals surface area (Å²) in [5.74, 6) is -0.964. The van der Waals surface area contributed by atoms with Crippen LogP contribution in [0.5, 0.6) is 0 Å². The van der Waals surface area contributed by atoms with Crippen LogP contribution in [0.2, 0.25) is 0 Å². The Balaban J connectivity index is 3.07. The average Bonchev–Trinajstić information content (AvgIpc) is 2.63. The van der Waals surface area contributed by atoms with E-state index in [-0.39, 0.29) is 11.4 Å². The molecule has 82 valence electrons. The number of nitrogens with one attached hydrogen (secondary N) is 1. The van der Waals surface area contributed by atoms with E-state index in [1.165, 1.54) is 6.33 Å². The summed E-state index contributed by atoms with van der Waals surface area (Å²) in [7, 11) is 0. The Morgan fingerprint density at radius 2 is 1.80 bits per heavy atom. The molecular formula is C7H4Br2Cl2N2O2. The molecule has 0 saturated heterocycles. The molecule has 1 N–H and O–H groups in total. The van der Waals surface area contributed by atoms with E-state index < -0.39 is 20.1 Å². The van der Waals surface area contributed by atoms with Gasteiger partial charge in [-0.05, 0) is 0 Å². The standard InChI is InChI=1S/C7H4Br2Cl2N2O2/c8-6(10)4(14)2-3(13-1-12-2)5(15)7(9)11/h1,6-7H,(H,12,13). The fraction of sp³-hybridized carbons (Fsp3) is 0.286.